The van der Waals surface area contributed by atoms with Crippen molar-refractivity contribution >= 4 is 11.6 Å². The Morgan fingerprint density at radius 1 is 0.818 bits per heavy atom. The van der Waals surface area contributed by atoms with Gasteiger partial charge in [-0.2, -0.15) is 0 Å². The molecule has 186 valence electrons. The molecule has 3 heteroatoms. The van der Waals surface area contributed by atoms with E-state index in [4.69, 9.17) is 0 Å². The fourth-order valence-electron chi connectivity index (χ4n) is 11.1. The standard InChI is InChI=1S/C30H48O3/c1-19-20(32)8-9-21-27(19,5)11-10-22-28(21,6)17-24(33)30(18-31)23-16-25(2,3)12-13-26(23,4)14-15-29(22,30)7/h19,21-23,31H,8-18H2,1-7H3/t19-,21-,22-,23+,26+,27+,28-,29+,30+/m0/s1. The Morgan fingerprint density at radius 2 is 1.48 bits per heavy atom. The summed E-state index contributed by atoms with van der Waals surface area (Å²) in [5.74, 6) is 2.01. The van der Waals surface area contributed by atoms with Gasteiger partial charge in [-0.3, -0.25) is 9.59 Å². The molecule has 1 N–H and O–H groups in total. The van der Waals surface area contributed by atoms with E-state index >= 15 is 0 Å². The lowest BCUT2D eigenvalue weighted by atomic mass is 9.29. The van der Waals surface area contributed by atoms with Gasteiger partial charge >= 0.3 is 0 Å². The minimum absolute atomic E-state index is 0.00640. The Labute approximate surface area is 201 Å². The topological polar surface area (TPSA) is 54.4 Å². The van der Waals surface area contributed by atoms with E-state index in [2.05, 4.69) is 48.5 Å². The monoisotopic (exact) mass is 456 g/mol. The van der Waals surface area contributed by atoms with Crippen molar-refractivity contribution in [3.05, 3.63) is 0 Å². The molecule has 5 aliphatic carbocycles. The second-order valence-corrected chi connectivity index (χ2v) is 15.1. The average molecular weight is 457 g/mol. The molecule has 0 aliphatic heterocycles. The highest BCUT2D eigenvalue weighted by atomic mass is 16.3. The predicted octanol–water partition coefficient (Wildman–Crippen LogP) is 6.61. The molecular weight excluding hydrogens is 408 g/mol. The number of hydrogen-bond acceptors (Lipinski definition) is 3. The van der Waals surface area contributed by atoms with Crippen molar-refractivity contribution in [3.8, 4) is 0 Å². The lowest BCUT2D eigenvalue weighted by Crippen LogP contribution is -2.72. The van der Waals surface area contributed by atoms with E-state index in [1.54, 1.807) is 0 Å². The lowest BCUT2D eigenvalue weighted by molar-refractivity contribution is -0.254. The van der Waals surface area contributed by atoms with Gasteiger partial charge in [0.2, 0.25) is 0 Å². The van der Waals surface area contributed by atoms with E-state index < -0.39 is 5.41 Å². The Morgan fingerprint density at radius 3 is 2.15 bits per heavy atom. The van der Waals surface area contributed by atoms with Crippen LogP contribution in [0.4, 0.5) is 0 Å². The van der Waals surface area contributed by atoms with Crippen LogP contribution in [0.2, 0.25) is 0 Å². The van der Waals surface area contributed by atoms with E-state index in [1.165, 1.54) is 19.3 Å². The molecule has 5 rings (SSSR count). The van der Waals surface area contributed by atoms with Crippen molar-refractivity contribution in [2.24, 2.45) is 56.2 Å². The third-order valence-corrected chi connectivity index (χ3v) is 13.4. The predicted molar refractivity (Wildman–Crippen MR) is 132 cm³/mol. The molecule has 5 saturated carbocycles. The minimum Gasteiger partial charge on any atom is -0.395 e. The van der Waals surface area contributed by atoms with Crippen LogP contribution in [0.3, 0.4) is 0 Å². The Balaban J connectivity index is 1.63. The first-order valence-corrected chi connectivity index (χ1v) is 13.9. The smallest absolute Gasteiger partial charge is 0.142 e. The van der Waals surface area contributed by atoms with Crippen LogP contribution < -0.4 is 0 Å². The summed E-state index contributed by atoms with van der Waals surface area (Å²) in [5, 5.41) is 11.2. The second-order valence-electron chi connectivity index (χ2n) is 15.1. The Hall–Kier alpha value is -0.700. The van der Waals surface area contributed by atoms with Crippen LogP contribution in [0, 0.1) is 56.2 Å². The van der Waals surface area contributed by atoms with E-state index in [0.717, 1.165) is 32.1 Å². The van der Waals surface area contributed by atoms with Gasteiger partial charge in [0.25, 0.3) is 0 Å². The van der Waals surface area contributed by atoms with Gasteiger partial charge in [-0.25, -0.2) is 0 Å². The van der Waals surface area contributed by atoms with Crippen LogP contribution >= 0.6 is 0 Å². The third kappa shape index (κ3) is 2.78. The number of carbonyl (C=O) groups excluding carboxylic acids is 2. The number of ketones is 2. The van der Waals surface area contributed by atoms with Gasteiger partial charge in [-0.1, -0.05) is 48.5 Å². The van der Waals surface area contributed by atoms with Crippen molar-refractivity contribution < 1.29 is 14.7 Å². The zero-order valence-corrected chi connectivity index (χ0v) is 22.4. The van der Waals surface area contributed by atoms with Crippen molar-refractivity contribution in [2.45, 2.75) is 113 Å². The molecule has 0 amide bonds. The van der Waals surface area contributed by atoms with E-state index in [9.17, 15) is 14.7 Å². The van der Waals surface area contributed by atoms with Crippen LogP contribution in [0.5, 0.6) is 0 Å². The fourth-order valence-corrected chi connectivity index (χ4v) is 11.1. The number of carbonyl (C=O) groups is 2. The highest BCUT2D eigenvalue weighted by Crippen LogP contribution is 2.77. The summed E-state index contributed by atoms with van der Waals surface area (Å²) in [6.07, 6.45) is 10.1. The summed E-state index contributed by atoms with van der Waals surface area (Å²) >= 11 is 0. The molecule has 0 spiro atoms. The molecule has 0 unspecified atom stereocenters. The van der Waals surface area contributed by atoms with Gasteiger partial charge in [0.15, 0.2) is 0 Å². The van der Waals surface area contributed by atoms with Crippen LogP contribution in [0.15, 0.2) is 0 Å². The summed E-state index contributed by atoms with van der Waals surface area (Å²) in [6, 6.07) is 0. The number of aliphatic hydroxyl groups is 1. The summed E-state index contributed by atoms with van der Waals surface area (Å²) in [5.41, 5.74) is -0.427. The highest BCUT2D eigenvalue weighted by molar-refractivity contribution is 5.89. The van der Waals surface area contributed by atoms with Crippen molar-refractivity contribution in [2.75, 3.05) is 6.61 Å². The third-order valence-electron chi connectivity index (χ3n) is 13.4. The first kappa shape index (κ1) is 24.0. The van der Waals surface area contributed by atoms with E-state index in [1.807, 2.05) is 0 Å². The molecule has 0 aromatic carbocycles. The molecular formula is C30H48O3. The van der Waals surface area contributed by atoms with Crippen LogP contribution in [-0.2, 0) is 9.59 Å². The number of rotatable bonds is 1. The van der Waals surface area contributed by atoms with Gasteiger partial charge in [0, 0.05) is 18.8 Å². The Bertz CT molecular complexity index is 876. The largest absolute Gasteiger partial charge is 0.395 e. The second kappa shape index (κ2) is 6.95. The zero-order valence-electron chi connectivity index (χ0n) is 22.4. The molecule has 0 bridgehead atoms. The number of fused-ring (bicyclic) bond motifs is 7. The van der Waals surface area contributed by atoms with Gasteiger partial charge in [0.05, 0.1) is 12.0 Å². The molecule has 0 saturated heterocycles. The van der Waals surface area contributed by atoms with Gasteiger partial charge < -0.3 is 5.11 Å². The normalized spacial score (nSPS) is 55.8. The van der Waals surface area contributed by atoms with Gasteiger partial charge in [0.1, 0.15) is 11.6 Å². The molecule has 0 radical (unpaired) electrons. The number of Topliss-reactive ketones (excluding diaryl/α,β-unsaturated/α-hetero) is 2. The first-order chi connectivity index (χ1) is 15.2. The minimum atomic E-state index is -0.605. The average Bonchev–Trinajstić information content (AvgIpc) is 2.72. The quantitative estimate of drug-likeness (QED) is 0.483. The maximum absolute atomic E-state index is 14.6. The number of hydrogen-bond donors (Lipinski definition) is 1. The fraction of sp³-hybridized carbons (Fsp3) is 0.933. The molecule has 0 heterocycles. The zero-order chi connectivity index (χ0) is 24.2. The van der Waals surface area contributed by atoms with Crippen molar-refractivity contribution in [1.29, 1.82) is 0 Å². The summed E-state index contributed by atoms with van der Waals surface area (Å²) in [7, 11) is 0. The molecule has 0 aromatic heterocycles. The molecule has 9 atom stereocenters. The van der Waals surface area contributed by atoms with Gasteiger partial charge in [-0.15, -0.1) is 0 Å². The van der Waals surface area contributed by atoms with Crippen LogP contribution in [-0.4, -0.2) is 23.3 Å². The molecule has 5 aliphatic rings. The maximum Gasteiger partial charge on any atom is 0.142 e. The van der Waals surface area contributed by atoms with Crippen LogP contribution in [0.25, 0.3) is 0 Å². The number of aliphatic hydroxyl groups excluding tert-OH is 1. The van der Waals surface area contributed by atoms with Crippen LogP contribution in [0.1, 0.15) is 113 Å². The van der Waals surface area contributed by atoms with Gasteiger partial charge in [-0.05, 0) is 96.2 Å². The molecule has 0 aromatic rings. The summed E-state index contributed by atoms with van der Waals surface area (Å²) in [6.45, 7) is 16.5. The van der Waals surface area contributed by atoms with E-state index in [0.29, 0.717) is 36.2 Å². The molecule has 3 nitrogen and oxygen atoms in total. The summed E-state index contributed by atoms with van der Waals surface area (Å²) in [4.78, 5) is 27.3. The molecule has 33 heavy (non-hydrogen) atoms. The Kier molecular flexibility index (Phi) is 5.06. The summed E-state index contributed by atoms with van der Waals surface area (Å²) < 4.78 is 0. The van der Waals surface area contributed by atoms with Crippen molar-refractivity contribution in [1.82, 2.24) is 0 Å². The lowest BCUT2D eigenvalue weighted by Gasteiger charge is -2.74. The SMILES string of the molecule is C[C@H]1C(=O)CC[C@H]2[C@]1(C)CC[C@H]1[C@@]2(C)CC(=O)[C@@]2(CO)[C@@H]3CC(C)(C)CC[C@]3(C)CC[C@]12C. The maximum atomic E-state index is 14.6. The van der Waals surface area contributed by atoms with Crippen molar-refractivity contribution in [3.63, 3.8) is 0 Å². The molecule has 5 fully saturated rings. The van der Waals surface area contributed by atoms with E-state index in [-0.39, 0.29) is 45.5 Å². The first-order valence-electron chi connectivity index (χ1n) is 13.9. The highest BCUT2D eigenvalue weighted by Gasteiger charge is 2.75.